The number of nitrogens with one attached hydrogen (secondary N) is 4. The lowest BCUT2D eigenvalue weighted by Crippen LogP contribution is -2.38. The molecule has 0 saturated carbocycles. The minimum absolute atomic E-state index is 0.0157. The van der Waals surface area contributed by atoms with E-state index in [4.69, 9.17) is 9.97 Å². The Morgan fingerprint density at radius 2 is 2.11 bits per heavy atom. The molecule has 2 aliphatic rings. The third-order valence-corrected chi connectivity index (χ3v) is 5.60. The number of para-hydroxylation sites is 1. The highest BCUT2D eigenvalue weighted by molar-refractivity contribution is 5.99. The van der Waals surface area contributed by atoms with Crippen LogP contribution in [-0.4, -0.2) is 46.5 Å². The predicted molar refractivity (Wildman–Crippen MR) is 110 cm³/mol. The van der Waals surface area contributed by atoms with Crippen molar-refractivity contribution in [3.8, 4) is 11.3 Å². The number of fused-ring (bicyclic) bond motifs is 2. The van der Waals surface area contributed by atoms with Crippen LogP contribution in [0.1, 0.15) is 34.6 Å². The first-order valence-electron chi connectivity index (χ1n) is 9.94. The zero-order valence-corrected chi connectivity index (χ0v) is 15.9. The van der Waals surface area contributed by atoms with Gasteiger partial charge in [0, 0.05) is 42.5 Å². The highest BCUT2D eigenvalue weighted by Gasteiger charge is 2.21. The Kier molecular flexibility index (Phi) is 4.24. The van der Waals surface area contributed by atoms with Crippen LogP contribution in [0, 0.1) is 6.92 Å². The number of nitrogens with zero attached hydrogens (tertiary/aromatic N) is 2. The lowest BCUT2D eigenvalue weighted by Gasteiger charge is -2.25. The van der Waals surface area contributed by atoms with Crippen molar-refractivity contribution in [3.63, 3.8) is 0 Å². The van der Waals surface area contributed by atoms with Crippen LogP contribution in [0.3, 0.4) is 0 Å². The van der Waals surface area contributed by atoms with Gasteiger partial charge in [-0.2, -0.15) is 0 Å². The zero-order valence-electron chi connectivity index (χ0n) is 15.9. The number of aromatic nitrogens is 3. The van der Waals surface area contributed by atoms with Crippen LogP contribution in [0.4, 0.5) is 5.82 Å². The SMILES string of the molecule is Cc1nc2cccc(-c3cc4c([nH]3)CCNC4=O)c2nc1N[C@H]1CCCNC1. The molecule has 5 rings (SSSR count). The number of hydrogen-bond donors (Lipinski definition) is 4. The molecule has 1 amide bonds. The second kappa shape index (κ2) is 6.91. The number of aromatic amines is 1. The van der Waals surface area contributed by atoms with Crippen molar-refractivity contribution in [3.05, 3.63) is 41.2 Å². The maximum absolute atomic E-state index is 12.1. The molecule has 1 fully saturated rings. The van der Waals surface area contributed by atoms with E-state index in [0.717, 1.165) is 71.0 Å². The summed E-state index contributed by atoms with van der Waals surface area (Å²) in [6.07, 6.45) is 3.11. The second-order valence-electron chi connectivity index (χ2n) is 7.60. The van der Waals surface area contributed by atoms with Crippen LogP contribution in [0.25, 0.3) is 22.3 Å². The fourth-order valence-electron chi connectivity index (χ4n) is 4.13. The molecule has 0 bridgehead atoms. The van der Waals surface area contributed by atoms with E-state index in [-0.39, 0.29) is 5.91 Å². The van der Waals surface area contributed by atoms with Gasteiger partial charge in [-0.1, -0.05) is 12.1 Å². The molecule has 0 radical (unpaired) electrons. The van der Waals surface area contributed by atoms with Crippen LogP contribution < -0.4 is 16.0 Å². The number of anilines is 1. The van der Waals surface area contributed by atoms with Crippen molar-refractivity contribution in [1.29, 1.82) is 0 Å². The molecule has 4 N–H and O–H groups in total. The summed E-state index contributed by atoms with van der Waals surface area (Å²) in [6.45, 7) is 4.69. The van der Waals surface area contributed by atoms with Gasteiger partial charge >= 0.3 is 0 Å². The number of piperidine rings is 1. The first kappa shape index (κ1) is 17.2. The summed E-state index contributed by atoms with van der Waals surface area (Å²) in [4.78, 5) is 25.3. The zero-order chi connectivity index (χ0) is 19.1. The number of aryl methyl sites for hydroxylation is 1. The third-order valence-electron chi connectivity index (χ3n) is 5.60. The van der Waals surface area contributed by atoms with E-state index in [0.29, 0.717) is 12.6 Å². The molecule has 0 spiro atoms. The second-order valence-corrected chi connectivity index (χ2v) is 7.60. The van der Waals surface area contributed by atoms with Crippen LogP contribution in [-0.2, 0) is 6.42 Å². The first-order valence-corrected chi connectivity index (χ1v) is 9.94. The van der Waals surface area contributed by atoms with E-state index < -0.39 is 0 Å². The van der Waals surface area contributed by atoms with Crippen LogP contribution in [0.2, 0.25) is 0 Å². The van der Waals surface area contributed by atoms with Gasteiger partial charge in [0.05, 0.1) is 16.8 Å². The van der Waals surface area contributed by atoms with Crippen molar-refractivity contribution < 1.29 is 4.79 Å². The van der Waals surface area contributed by atoms with Crippen molar-refractivity contribution in [2.45, 2.75) is 32.2 Å². The standard InChI is InChI=1S/C21H24N6O/c1-12-20(25-13-4-3-8-22-11-13)27-19-14(5-2-6-17(19)24-12)18-10-15-16(26-18)7-9-23-21(15)28/h2,5-6,10,13,22,26H,3-4,7-9,11H2,1H3,(H,23,28)(H,25,27)/t13-/m0/s1. The summed E-state index contributed by atoms with van der Waals surface area (Å²) in [5.74, 6) is 0.820. The van der Waals surface area contributed by atoms with E-state index in [1.807, 2.05) is 31.2 Å². The number of amides is 1. The minimum Gasteiger partial charge on any atom is -0.365 e. The summed E-state index contributed by atoms with van der Waals surface area (Å²) in [6, 6.07) is 8.31. The van der Waals surface area contributed by atoms with Crippen molar-refractivity contribution in [2.24, 2.45) is 0 Å². The van der Waals surface area contributed by atoms with Gasteiger partial charge in [-0.05, 0) is 38.4 Å². The maximum atomic E-state index is 12.1. The fourth-order valence-corrected chi connectivity index (χ4v) is 4.13. The lowest BCUT2D eigenvalue weighted by atomic mass is 10.1. The third kappa shape index (κ3) is 3.01. The highest BCUT2D eigenvalue weighted by Crippen LogP contribution is 2.30. The number of carbonyl (C=O) groups is 1. The van der Waals surface area contributed by atoms with Gasteiger partial charge in [0.25, 0.3) is 5.91 Å². The Hall–Kier alpha value is -2.93. The van der Waals surface area contributed by atoms with Crippen molar-refractivity contribution in [2.75, 3.05) is 25.0 Å². The molecule has 1 saturated heterocycles. The average Bonchev–Trinajstić information content (AvgIpc) is 3.14. The fraction of sp³-hybridized carbons (Fsp3) is 0.381. The maximum Gasteiger partial charge on any atom is 0.253 e. The van der Waals surface area contributed by atoms with Crippen LogP contribution in [0.15, 0.2) is 24.3 Å². The number of hydrogen-bond acceptors (Lipinski definition) is 5. The summed E-state index contributed by atoms with van der Waals surface area (Å²) < 4.78 is 0. The smallest absolute Gasteiger partial charge is 0.253 e. The van der Waals surface area contributed by atoms with E-state index in [1.165, 1.54) is 6.42 Å². The number of carbonyl (C=O) groups excluding carboxylic acids is 1. The van der Waals surface area contributed by atoms with Gasteiger partial charge in [0.15, 0.2) is 0 Å². The first-order chi connectivity index (χ1) is 13.7. The minimum atomic E-state index is -0.0157. The lowest BCUT2D eigenvalue weighted by molar-refractivity contribution is 0.0946. The molecular weight excluding hydrogens is 352 g/mol. The molecule has 1 aromatic carbocycles. The molecule has 7 heteroatoms. The molecule has 2 aliphatic heterocycles. The van der Waals surface area contributed by atoms with E-state index in [9.17, 15) is 4.79 Å². The van der Waals surface area contributed by atoms with Crippen LogP contribution in [0.5, 0.6) is 0 Å². The van der Waals surface area contributed by atoms with E-state index >= 15 is 0 Å². The number of rotatable bonds is 3. The molecule has 0 aliphatic carbocycles. The van der Waals surface area contributed by atoms with Gasteiger partial charge in [-0.25, -0.2) is 9.97 Å². The Bertz CT molecular complexity index is 1050. The normalized spacial score (nSPS) is 19.3. The van der Waals surface area contributed by atoms with Gasteiger partial charge in [0.1, 0.15) is 11.3 Å². The molecule has 3 aromatic rings. The summed E-state index contributed by atoms with van der Waals surface area (Å²) in [5.41, 5.74) is 6.21. The van der Waals surface area contributed by atoms with E-state index in [1.54, 1.807) is 0 Å². The predicted octanol–water partition coefficient (Wildman–Crippen LogP) is 2.38. The van der Waals surface area contributed by atoms with Crippen LogP contribution >= 0.6 is 0 Å². The van der Waals surface area contributed by atoms with Gasteiger partial charge in [-0.3, -0.25) is 4.79 Å². The molecule has 1 atom stereocenters. The number of H-pyrrole nitrogens is 1. The van der Waals surface area contributed by atoms with Crippen molar-refractivity contribution >= 4 is 22.8 Å². The monoisotopic (exact) mass is 376 g/mol. The highest BCUT2D eigenvalue weighted by atomic mass is 16.1. The topological polar surface area (TPSA) is 94.7 Å². The largest absolute Gasteiger partial charge is 0.365 e. The van der Waals surface area contributed by atoms with Gasteiger partial charge < -0.3 is 20.9 Å². The quantitative estimate of drug-likeness (QED) is 0.563. The molecule has 144 valence electrons. The van der Waals surface area contributed by atoms with Gasteiger partial charge in [0.2, 0.25) is 0 Å². The van der Waals surface area contributed by atoms with Crippen molar-refractivity contribution in [1.82, 2.24) is 25.6 Å². The molecule has 7 nitrogen and oxygen atoms in total. The summed E-state index contributed by atoms with van der Waals surface area (Å²) in [5, 5.41) is 9.89. The van der Waals surface area contributed by atoms with Gasteiger partial charge in [-0.15, -0.1) is 0 Å². The summed E-state index contributed by atoms with van der Waals surface area (Å²) >= 11 is 0. The molecule has 4 heterocycles. The Morgan fingerprint density at radius 1 is 1.18 bits per heavy atom. The average molecular weight is 376 g/mol. The van der Waals surface area contributed by atoms with E-state index in [2.05, 4.69) is 20.9 Å². The molecule has 0 unspecified atom stereocenters. The Labute approximate surface area is 163 Å². The Balaban J connectivity index is 1.57. The Morgan fingerprint density at radius 3 is 2.93 bits per heavy atom. The number of benzene rings is 1. The molecule has 2 aromatic heterocycles. The molecular formula is C21H24N6O. The summed E-state index contributed by atoms with van der Waals surface area (Å²) in [7, 11) is 0. The molecule has 28 heavy (non-hydrogen) atoms.